The number of fused-ring (bicyclic) bond motifs is 2. The number of rotatable bonds is 5. The van der Waals surface area contributed by atoms with Gasteiger partial charge in [-0.05, 0) is 37.8 Å². The standard InChI is InChI=1S/C24H29FO2/c1-16(2)24-14-22(26-15-19-7-5-6-8-21(19)25)23(4,27-24)13-20(24)18-11-9-17(3)10-12-18/h5-12,16,20,22H,13-15H2,1-4H3/t20?,22-,23+,24-/m1/s1. The van der Waals surface area contributed by atoms with Gasteiger partial charge >= 0.3 is 0 Å². The van der Waals surface area contributed by atoms with Gasteiger partial charge in [0.15, 0.2) is 0 Å². The molecule has 2 nitrogen and oxygen atoms in total. The first-order valence-corrected chi connectivity index (χ1v) is 9.96. The molecule has 1 unspecified atom stereocenters. The highest BCUT2D eigenvalue weighted by Gasteiger charge is 2.65. The van der Waals surface area contributed by atoms with Gasteiger partial charge in [0, 0.05) is 17.9 Å². The minimum Gasteiger partial charge on any atom is -0.370 e. The van der Waals surface area contributed by atoms with E-state index in [1.165, 1.54) is 17.2 Å². The molecule has 2 heterocycles. The first-order chi connectivity index (χ1) is 12.8. The van der Waals surface area contributed by atoms with E-state index in [1.54, 1.807) is 12.1 Å². The van der Waals surface area contributed by atoms with Crippen LogP contribution in [0.2, 0.25) is 0 Å². The number of benzene rings is 2. The average molecular weight is 368 g/mol. The van der Waals surface area contributed by atoms with Crippen molar-refractivity contribution in [1.82, 2.24) is 0 Å². The van der Waals surface area contributed by atoms with E-state index in [-0.39, 0.29) is 23.1 Å². The maximum Gasteiger partial charge on any atom is 0.128 e. The van der Waals surface area contributed by atoms with Crippen molar-refractivity contribution < 1.29 is 13.9 Å². The zero-order valence-electron chi connectivity index (χ0n) is 16.7. The molecule has 0 spiro atoms. The number of hydrogen-bond acceptors (Lipinski definition) is 2. The fraction of sp³-hybridized carbons (Fsp3) is 0.500. The lowest BCUT2D eigenvalue weighted by atomic mass is 9.66. The molecule has 2 fully saturated rings. The predicted molar refractivity (Wildman–Crippen MR) is 105 cm³/mol. The summed E-state index contributed by atoms with van der Waals surface area (Å²) in [6.45, 7) is 9.06. The summed E-state index contributed by atoms with van der Waals surface area (Å²) in [7, 11) is 0. The minimum atomic E-state index is -0.328. The quantitative estimate of drug-likeness (QED) is 0.666. The van der Waals surface area contributed by atoms with Gasteiger partial charge in [-0.3, -0.25) is 0 Å². The largest absolute Gasteiger partial charge is 0.370 e. The third-order valence-electron chi connectivity index (χ3n) is 6.66. The van der Waals surface area contributed by atoms with Crippen LogP contribution in [0.5, 0.6) is 0 Å². The second kappa shape index (κ2) is 6.72. The van der Waals surface area contributed by atoms with E-state index in [9.17, 15) is 4.39 Å². The molecule has 0 radical (unpaired) electrons. The van der Waals surface area contributed by atoms with Crippen LogP contribution in [-0.2, 0) is 16.1 Å². The molecule has 2 aromatic carbocycles. The summed E-state index contributed by atoms with van der Waals surface area (Å²) in [5, 5.41) is 0. The van der Waals surface area contributed by atoms with Crippen molar-refractivity contribution in [1.29, 1.82) is 0 Å². The van der Waals surface area contributed by atoms with Gasteiger partial charge in [-0.1, -0.05) is 61.9 Å². The van der Waals surface area contributed by atoms with Gasteiger partial charge in [0.25, 0.3) is 0 Å². The Balaban J connectivity index is 1.56. The molecule has 144 valence electrons. The summed E-state index contributed by atoms with van der Waals surface area (Å²) < 4.78 is 26.9. The highest BCUT2D eigenvalue weighted by atomic mass is 19.1. The fourth-order valence-electron chi connectivity index (χ4n) is 5.01. The number of aryl methyl sites for hydroxylation is 1. The average Bonchev–Trinajstić information content (AvgIpc) is 3.11. The second-order valence-corrected chi connectivity index (χ2v) is 8.79. The molecule has 0 N–H and O–H groups in total. The maximum atomic E-state index is 14.0. The van der Waals surface area contributed by atoms with Crippen LogP contribution in [0, 0.1) is 18.7 Å². The summed E-state index contributed by atoms with van der Waals surface area (Å²) in [5.41, 5.74) is 2.69. The zero-order chi connectivity index (χ0) is 19.2. The highest BCUT2D eigenvalue weighted by molar-refractivity contribution is 5.32. The molecule has 2 saturated heterocycles. The molecule has 0 saturated carbocycles. The molecule has 4 rings (SSSR count). The van der Waals surface area contributed by atoms with Crippen LogP contribution < -0.4 is 0 Å². The Morgan fingerprint density at radius 2 is 1.81 bits per heavy atom. The Bertz CT molecular complexity index is 815. The fourth-order valence-corrected chi connectivity index (χ4v) is 5.01. The van der Waals surface area contributed by atoms with Gasteiger partial charge in [-0.2, -0.15) is 0 Å². The Morgan fingerprint density at radius 3 is 2.48 bits per heavy atom. The normalized spacial score (nSPS) is 32.4. The van der Waals surface area contributed by atoms with Crippen LogP contribution >= 0.6 is 0 Å². The first-order valence-electron chi connectivity index (χ1n) is 9.96. The van der Waals surface area contributed by atoms with Crippen molar-refractivity contribution in [2.24, 2.45) is 5.92 Å². The van der Waals surface area contributed by atoms with Crippen LogP contribution in [-0.4, -0.2) is 17.3 Å². The molecular weight excluding hydrogens is 339 g/mol. The van der Waals surface area contributed by atoms with E-state index in [0.29, 0.717) is 24.0 Å². The molecule has 2 aliphatic heterocycles. The molecular formula is C24H29FO2. The number of ether oxygens (including phenoxy) is 2. The topological polar surface area (TPSA) is 18.5 Å². The molecule has 27 heavy (non-hydrogen) atoms. The summed E-state index contributed by atoms with van der Waals surface area (Å²) in [4.78, 5) is 0. The summed E-state index contributed by atoms with van der Waals surface area (Å²) >= 11 is 0. The van der Waals surface area contributed by atoms with E-state index in [1.807, 2.05) is 6.07 Å². The number of hydrogen-bond donors (Lipinski definition) is 0. The lowest BCUT2D eigenvalue weighted by molar-refractivity contribution is -0.0974. The van der Waals surface area contributed by atoms with E-state index >= 15 is 0 Å². The van der Waals surface area contributed by atoms with Crippen molar-refractivity contribution in [2.75, 3.05) is 0 Å². The third kappa shape index (κ3) is 3.11. The predicted octanol–water partition coefficient (Wildman–Crippen LogP) is 5.78. The van der Waals surface area contributed by atoms with Crippen molar-refractivity contribution in [3.05, 3.63) is 71.0 Å². The van der Waals surface area contributed by atoms with E-state index in [2.05, 4.69) is 52.0 Å². The zero-order valence-corrected chi connectivity index (χ0v) is 16.7. The Hall–Kier alpha value is -1.71. The van der Waals surface area contributed by atoms with Crippen LogP contribution in [0.15, 0.2) is 48.5 Å². The molecule has 3 heteroatoms. The molecule has 0 aliphatic carbocycles. The van der Waals surface area contributed by atoms with Crippen LogP contribution in [0.4, 0.5) is 4.39 Å². The van der Waals surface area contributed by atoms with Gasteiger partial charge in [0.1, 0.15) is 5.82 Å². The van der Waals surface area contributed by atoms with Gasteiger partial charge in [-0.25, -0.2) is 4.39 Å². The van der Waals surface area contributed by atoms with Crippen molar-refractivity contribution in [2.45, 2.75) is 70.4 Å². The lowest BCUT2D eigenvalue weighted by Crippen LogP contribution is -2.43. The van der Waals surface area contributed by atoms with E-state index in [4.69, 9.17) is 9.47 Å². The minimum absolute atomic E-state index is 0.0128. The summed E-state index contributed by atoms with van der Waals surface area (Å²) in [5.74, 6) is 0.548. The molecule has 2 aromatic rings. The summed E-state index contributed by atoms with van der Waals surface area (Å²) in [6, 6.07) is 15.7. The Morgan fingerprint density at radius 1 is 1.11 bits per heavy atom. The van der Waals surface area contributed by atoms with Gasteiger partial charge in [-0.15, -0.1) is 0 Å². The van der Waals surface area contributed by atoms with Gasteiger partial charge < -0.3 is 9.47 Å². The molecule has 2 bridgehead atoms. The smallest absolute Gasteiger partial charge is 0.128 e. The molecule has 0 aromatic heterocycles. The Kier molecular flexibility index (Phi) is 4.64. The summed E-state index contributed by atoms with van der Waals surface area (Å²) in [6.07, 6.45) is 1.78. The van der Waals surface area contributed by atoms with Crippen LogP contribution in [0.25, 0.3) is 0 Å². The van der Waals surface area contributed by atoms with Gasteiger partial charge in [0.05, 0.1) is 23.9 Å². The van der Waals surface area contributed by atoms with Crippen molar-refractivity contribution in [3.8, 4) is 0 Å². The van der Waals surface area contributed by atoms with E-state index in [0.717, 1.165) is 12.8 Å². The van der Waals surface area contributed by atoms with E-state index < -0.39 is 0 Å². The van der Waals surface area contributed by atoms with Gasteiger partial charge in [0.2, 0.25) is 0 Å². The second-order valence-electron chi connectivity index (χ2n) is 8.79. The first kappa shape index (κ1) is 18.6. The van der Waals surface area contributed by atoms with Crippen LogP contribution in [0.3, 0.4) is 0 Å². The highest BCUT2D eigenvalue weighted by Crippen LogP contribution is 2.61. The molecule has 0 amide bonds. The van der Waals surface area contributed by atoms with Crippen molar-refractivity contribution >= 4 is 0 Å². The molecule has 2 aliphatic rings. The number of halogens is 1. The molecule has 4 atom stereocenters. The maximum absolute atomic E-state index is 14.0. The lowest BCUT2D eigenvalue weighted by Gasteiger charge is -2.39. The van der Waals surface area contributed by atoms with Crippen molar-refractivity contribution in [3.63, 3.8) is 0 Å². The Labute approximate surface area is 161 Å². The third-order valence-corrected chi connectivity index (χ3v) is 6.66. The SMILES string of the molecule is Cc1ccc(C2C[C@]3(C)O[C@@]2(C(C)C)C[C@H]3OCc2ccccc2F)cc1. The monoisotopic (exact) mass is 368 g/mol. The van der Waals surface area contributed by atoms with Crippen LogP contribution in [0.1, 0.15) is 56.2 Å².